The van der Waals surface area contributed by atoms with Gasteiger partial charge in [-0.1, -0.05) is 18.2 Å². The predicted octanol–water partition coefficient (Wildman–Crippen LogP) is -0.584. The van der Waals surface area contributed by atoms with E-state index >= 15 is 0 Å². The molecule has 88 valence electrons. The summed E-state index contributed by atoms with van der Waals surface area (Å²) in [5.41, 5.74) is 0.621. The van der Waals surface area contributed by atoms with Gasteiger partial charge in [0, 0.05) is 12.4 Å². The molecule has 1 saturated heterocycles. The average Bonchev–Trinajstić information content (AvgIpc) is 2.54. The Bertz CT molecular complexity index is 475. The zero-order valence-electron chi connectivity index (χ0n) is 8.75. The topological polar surface area (TPSA) is 72.5 Å². The largest absolute Gasteiger partial charge is 0.550 e. The SMILES string of the molecule is O=C([O-])C[C@H]1NC(=S)N(c2ccccc2)C1=O. The van der Waals surface area contributed by atoms with Crippen LogP contribution in [0.2, 0.25) is 0 Å². The Morgan fingerprint density at radius 1 is 1.41 bits per heavy atom. The molecule has 17 heavy (non-hydrogen) atoms. The van der Waals surface area contributed by atoms with E-state index in [2.05, 4.69) is 5.32 Å². The minimum absolute atomic E-state index is 0.215. The molecule has 1 fully saturated rings. The van der Waals surface area contributed by atoms with E-state index in [-0.39, 0.29) is 17.4 Å². The Morgan fingerprint density at radius 2 is 2.06 bits per heavy atom. The molecule has 0 aliphatic carbocycles. The summed E-state index contributed by atoms with van der Waals surface area (Å²) in [5, 5.41) is 13.4. The normalized spacial score (nSPS) is 19.3. The number of benzene rings is 1. The summed E-state index contributed by atoms with van der Waals surface area (Å²) in [7, 11) is 0. The third kappa shape index (κ3) is 2.26. The quantitative estimate of drug-likeness (QED) is 0.725. The van der Waals surface area contributed by atoms with Crippen molar-refractivity contribution in [3.05, 3.63) is 30.3 Å². The molecule has 0 spiro atoms. The molecule has 6 heteroatoms. The molecule has 1 N–H and O–H groups in total. The molecular weight excluding hydrogens is 240 g/mol. The number of carboxylic acids is 1. The van der Waals surface area contributed by atoms with Crippen LogP contribution in [0.1, 0.15) is 6.42 Å². The first-order valence-electron chi connectivity index (χ1n) is 4.99. The molecule has 0 radical (unpaired) electrons. The lowest BCUT2D eigenvalue weighted by Crippen LogP contribution is -2.37. The van der Waals surface area contributed by atoms with Crippen molar-refractivity contribution in [2.75, 3.05) is 4.90 Å². The molecule has 1 atom stereocenters. The van der Waals surface area contributed by atoms with E-state index < -0.39 is 12.0 Å². The maximum atomic E-state index is 11.9. The lowest BCUT2D eigenvalue weighted by Gasteiger charge is -2.14. The van der Waals surface area contributed by atoms with Gasteiger partial charge in [0.05, 0.1) is 5.69 Å². The molecule has 1 aromatic rings. The van der Waals surface area contributed by atoms with Crippen LogP contribution in [0, 0.1) is 0 Å². The van der Waals surface area contributed by atoms with Crippen molar-refractivity contribution in [1.29, 1.82) is 0 Å². The van der Waals surface area contributed by atoms with Crippen molar-refractivity contribution in [2.24, 2.45) is 0 Å². The van der Waals surface area contributed by atoms with Gasteiger partial charge in [0.2, 0.25) is 0 Å². The third-order valence-electron chi connectivity index (χ3n) is 2.40. The van der Waals surface area contributed by atoms with E-state index in [9.17, 15) is 14.7 Å². The van der Waals surface area contributed by atoms with Gasteiger partial charge in [0.1, 0.15) is 6.04 Å². The Balaban J connectivity index is 2.23. The second kappa shape index (κ2) is 4.50. The molecule has 0 bridgehead atoms. The van der Waals surface area contributed by atoms with Gasteiger partial charge < -0.3 is 15.2 Å². The number of nitrogens with zero attached hydrogens (tertiary/aromatic N) is 1. The van der Waals surface area contributed by atoms with Crippen LogP contribution in [-0.4, -0.2) is 23.0 Å². The van der Waals surface area contributed by atoms with Crippen LogP contribution in [0.5, 0.6) is 0 Å². The highest BCUT2D eigenvalue weighted by Crippen LogP contribution is 2.19. The number of carbonyl (C=O) groups is 2. The van der Waals surface area contributed by atoms with Gasteiger partial charge in [-0.3, -0.25) is 9.69 Å². The van der Waals surface area contributed by atoms with Crippen LogP contribution < -0.4 is 15.3 Å². The molecule has 2 rings (SSSR count). The predicted molar refractivity (Wildman–Crippen MR) is 63.1 cm³/mol. The summed E-state index contributed by atoms with van der Waals surface area (Å²) in [6.07, 6.45) is -0.387. The van der Waals surface area contributed by atoms with E-state index in [1.807, 2.05) is 6.07 Å². The Kier molecular flexibility index (Phi) is 3.06. The highest BCUT2D eigenvalue weighted by Gasteiger charge is 2.36. The van der Waals surface area contributed by atoms with Crippen molar-refractivity contribution in [2.45, 2.75) is 12.5 Å². The van der Waals surface area contributed by atoms with Gasteiger partial charge in [-0.15, -0.1) is 0 Å². The zero-order chi connectivity index (χ0) is 12.4. The molecule has 1 aliphatic rings. The standard InChI is InChI=1S/C11H10N2O3S/c14-9(15)6-8-10(16)13(11(17)12-8)7-4-2-1-3-5-7/h1-5,8H,6H2,(H,12,17)(H,14,15)/p-1/t8-/m1/s1. The van der Waals surface area contributed by atoms with E-state index in [1.165, 1.54) is 4.90 Å². The number of anilines is 1. The van der Waals surface area contributed by atoms with Gasteiger partial charge in [0.25, 0.3) is 5.91 Å². The van der Waals surface area contributed by atoms with Crippen molar-refractivity contribution in [3.63, 3.8) is 0 Å². The molecule has 0 aromatic heterocycles. The van der Waals surface area contributed by atoms with Crippen LogP contribution in [0.3, 0.4) is 0 Å². The first-order chi connectivity index (χ1) is 8.09. The molecule has 5 nitrogen and oxygen atoms in total. The van der Waals surface area contributed by atoms with E-state index in [0.29, 0.717) is 5.69 Å². The second-order valence-corrected chi connectivity index (χ2v) is 3.97. The van der Waals surface area contributed by atoms with Gasteiger partial charge in [-0.2, -0.15) is 0 Å². The lowest BCUT2D eigenvalue weighted by atomic mass is 10.2. The number of thiocarbonyl (C=S) groups is 1. The van der Waals surface area contributed by atoms with E-state index in [0.717, 1.165) is 0 Å². The highest BCUT2D eigenvalue weighted by atomic mass is 32.1. The average molecular weight is 249 g/mol. The number of carboxylic acid groups (broad SMARTS) is 1. The van der Waals surface area contributed by atoms with Crippen LogP contribution in [0.25, 0.3) is 0 Å². The van der Waals surface area contributed by atoms with Gasteiger partial charge >= 0.3 is 0 Å². The van der Waals surface area contributed by atoms with Crippen LogP contribution in [0.4, 0.5) is 5.69 Å². The first-order valence-corrected chi connectivity index (χ1v) is 5.40. The molecule has 1 aliphatic heterocycles. The molecule has 1 amide bonds. The minimum Gasteiger partial charge on any atom is -0.550 e. The minimum atomic E-state index is -1.28. The fraction of sp³-hybridized carbons (Fsp3) is 0.182. The van der Waals surface area contributed by atoms with Crippen molar-refractivity contribution in [3.8, 4) is 0 Å². The number of carbonyl (C=O) groups excluding carboxylic acids is 2. The monoisotopic (exact) mass is 249 g/mol. The van der Waals surface area contributed by atoms with Gasteiger partial charge in [0.15, 0.2) is 5.11 Å². The van der Waals surface area contributed by atoms with Gasteiger partial charge in [-0.05, 0) is 24.4 Å². The maximum Gasteiger partial charge on any atom is 0.256 e. The van der Waals surface area contributed by atoms with Crippen LogP contribution >= 0.6 is 12.2 Å². The van der Waals surface area contributed by atoms with Crippen molar-refractivity contribution >= 4 is 34.9 Å². The number of amides is 1. The first kappa shape index (κ1) is 11.5. The van der Waals surface area contributed by atoms with Crippen molar-refractivity contribution < 1.29 is 14.7 Å². The van der Waals surface area contributed by atoms with Crippen LogP contribution in [0.15, 0.2) is 30.3 Å². The molecule has 0 saturated carbocycles. The number of hydrogen-bond donors (Lipinski definition) is 1. The summed E-state index contributed by atoms with van der Waals surface area (Å²) in [6, 6.07) is 7.99. The fourth-order valence-corrected chi connectivity index (χ4v) is 2.00. The van der Waals surface area contributed by atoms with Crippen molar-refractivity contribution in [1.82, 2.24) is 5.32 Å². The van der Waals surface area contributed by atoms with Gasteiger partial charge in [-0.25, -0.2) is 0 Å². The summed E-state index contributed by atoms with van der Waals surface area (Å²) in [6.45, 7) is 0. The second-order valence-electron chi connectivity index (χ2n) is 3.59. The lowest BCUT2D eigenvalue weighted by molar-refractivity contribution is -0.306. The number of hydrogen-bond acceptors (Lipinski definition) is 4. The fourth-order valence-electron chi connectivity index (χ4n) is 1.66. The third-order valence-corrected chi connectivity index (χ3v) is 2.70. The molecule has 0 unspecified atom stereocenters. The number of nitrogens with one attached hydrogen (secondary N) is 1. The van der Waals surface area contributed by atoms with E-state index in [1.54, 1.807) is 24.3 Å². The zero-order valence-corrected chi connectivity index (χ0v) is 9.57. The summed E-state index contributed by atoms with van der Waals surface area (Å²) >= 11 is 5.01. The molecule has 1 heterocycles. The summed E-state index contributed by atoms with van der Waals surface area (Å²) in [4.78, 5) is 23.7. The Morgan fingerprint density at radius 3 is 2.65 bits per heavy atom. The summed E-state index contributed by atoms with van der Waals surface area (Å²) in [5.74, 6) is -1.65. The van der Waals surface area contributed by atoms with Crippen LogP contribution in [-0.2, 0) is 9.59 Å². The Labute approximate surface area is 103 Å². The molecular formula is C11H9N2O3S-. The number of aliphatic carboxylic acids is 1. The number of para-hydroxylation sites is 1. The smallest absolute Gasteiger partial charge is 0.256 e. The highest BCUT2D eigenvalue weighted by molar-refractivity contribution is 7.80. The summed E-state index contributed by atoms with van der Waals surface area (Å²) < 4.78 is 0. The van der Waals surface area contributed by atoms with E-state index in [4.69, 9.17) is 12.2 Å². The number of rotatable bonds is 3. The maximum absolute atomic E-state index is 11.9. The molecule has 1 aromatic carbocycles. The Hall–Kier alpha value is -1.95.